The van der Waals surface area contributed by atoms with Gasteiger partial charge in [-0.05, 0) is 42.1 Å². The lowest BCUT2D eigenvalue weighted by atomic mass is 10.1. The van der Waals surface area contributed by atoms with Crippen LogP contribution in [-0.2, 0) is 13.2 Å². The van der Waals surface area contributed by atoms with Gasteiger partial charge in [0.15, 0.2) is 0 Å². The van der Waals surface area contributed by atoms with Gasteiger partial charge in [-0.1, -0.05) is 66.7 Å². The Morgan fingerprint density at radius 3 is 2.42 bits per heavy atom. The van der Waals surface area contributed by atoms with Gasteiger partial charge in [-0.2, -0.15) is 0 Å². The molecule has 0 atom stereocenters. The van der Waals surface area contributed by atoms with Gasteiger partial charge in [-0.3, -0.25) is 0 Å². The number of hydrogen-bond acceptors (Lipinski definition) is 3. The van der Waals surface area contributed by atoms with Crippen molar-refractivity contribution in [2.45, 2.75) is 19.6 Å². The van der Waals surface area contributed by atoms with Crippen molar-refractivity contribution in [3.8, 4) is 11.5 Å². The summed E-state index contributed by atoms with van der Waals surface area (Å²) in [5.41, 5.74) is 2.11. The van der Waals surface area contributed by atoms with Crippen LogP contribution in [0.2, 0.25) is 0 Å². The molecule has 0 fully saturated rings. The summed E-state index contributed by atoms with van der Waals surface area (Å²) in [5.74, 6) is 2.71. The summed E-state index contributed by atoms with van der Waals surface area (Å²) in [6, 6.07) is 32.6. The third-order valence-electron chi connectivity index (χ3n) is 5.38. The Kier molecular flexibility index (Phi) is 5.52. The average molecular weight is 409 g/mol. The first-order valence-electron chi connectivity index (χ1n) is 10.6. The molecule has 0 saturated heterocycles. The zero-order chi connectivity index (χ0) is 20.9. The van der Waals surface area contributed by atoms with Gasteiger partial charge in [-0.15, -0.1) is 0 Å². The van der Waals surface area contributed by atoms with Crippen LogP contribution >= 0.6 is 0 Å². The van der Waals surface area contributed by atoms with E-state index in [4.69, 9.17) is 14.5 Å². The van der Waals surface area contributed by atoms with Gasteiger partial charge in [0.25, 0.3) is 0 Å². The highest BCUT2D eigenvalue weighted by molar-refractivity contribution is 5.88. The van der Waals surface area contributed by atoms with Crippen molar-refractivity contribution >= 4 is 21.8 Å². The van der Waals surface area contributed by atoms with Gasteiger partial charge < -0.3 is 14.0 Å². The SMILES string of the molecule is c1ccc(OCc2nc3ccccc3n2CCCOc2cccc3ccccc23)cc1. The van der Waals surface area contributed by atoms with E-state index < -0.39 is 0 Å². The lowest BCUT2D eigenvalue weighted by Crippen LogP contribution is -2.10. The van der Waals surface area contributed by atoms with Crippen LogP contribution in [0.4, 0.5) is 0 Å². The third kappa shape index (κ3) is 4.24. The van der Waals surface area contributed by atoms with E-state index in [9.17, 15) is 0 Å². The number of aromatic nitrogens is 2. The molecule has 0 aliphatic rings. The van der Waals surface area contributed by atoms with Gasteiger partial charge in [0.2, 0.25) is 0 Å². The van der Waals surface area contributed by atoms with E-state index in [1.165, 1.54) is 5.39 Å². The summed E-state index contributed by atoms with van der Waals surface area (Å²) < 4.78 is 14.3. The molecule has 0 saturated carbocycles. The molecule has 0 N–H and O–H groups in total. The largest absolute Gasteiger partial charge is 0.493 e. The summed E-state index contributed by atoms with van der Waals surface area (Å²) in [6.07, 6.45) is 0.877. The first-order valence-corrected chi connectivity index (χ1v) is 10.6. The van der Waals surface area contributed by atoms with Crippen LogP contribution in [-0.4, -0.2) is 16.2 Å². The van der Waals surface area contributed by atoms with E-state index in [1.807, 2.05) is 60.7 Å². The molecule has 154 valence electrons. The van der Waals surface area contributed by atoms with Crippen LogP contribution in [0.3, 0.4) is 0 Å². The normalized spacial score (nSPS) is 11.1. The molecule has 1 aromatic heterocycles. The summed E-state index contributed by atoms with van der Waals surface area (Å²) in [5, 5.41) is 2.34. The lowest BCUT2D eigenvalue weighted by Gasteiger charge is -2.12. The maximum atomic E-state index is 6.13. The molecule has 0 aliphatic carbocycles. The van der Waals surface area contributed by atoms with Crippen molar-refractivity contribution in [3.05, 3.63) is 103 Å². The fraction of sp³-hybridized carbons (Fsp3) is 0.148. The average Bonchev–Trinajstić information content (AvgIpc) is 3.18. The van der Waals surface area contributed by atoms with Crippen LogP contribution in [0.15, 0.2) is 97.1 Å². The number of hydrogen-bond donors (Lipinski definition) is 0. The van der Waals surface area contributed by atoms with Crippen molar-refractivity contribution < 1.29 is 9.47 Å². The fourth-order valence-electron chi connectivity index (χ4n) is 3.88. The van der Waals surface area contributed by atoms with Gasteiger partial charge in [0.05, 0.1) is 17.6 Å². The van der Waals surface area contributed by atoms with Gasteiger partial charge in [-0.25, -0.2) is 4.98 Å². The lowest BCUT2D eigenvalue weighted by molar-refractivity contribution is 0.281. The van der Waals surface area contributed by atoms with Gasteiger partial charge >= 0.3 is 0 Å². The predicted octanol–water partition coefficient (Wildman–Crippen LogP) is 6.24. The third-order valence-corrected chi connectivity index (χ3v) is 5.38. The Hall–Kier alpha value is -3.79. The Bertz CT molecular complexity index is 1290. The van der Waals surface area contributed by atoms with Crippen molar-refractivity contribution in [2.24, 2.45) is 0 Å². The minimum Gasteiger partial charge on any atom is -0.493 e. The second-order valence-corrected chi connectivity index (χ2v) is 7.45. The molecular formula is C27H24N2O2. The number of nitrogens with zero attached hydrogens (tertiary/aromatic N) is 2. The van der Waals surface area contributed by atoms with Crippen LogP contribution in [0, 0.1) is 0 Å². The molecule has 4 heteroatoms. The second-order valence-electron chi connectivity index (χ2n) is 7.45. The van der Waals surface area contributed by atoms with E-state index in [2.05, 4.69) is 41.0 Å². The van der Waals surface area contributed by atoms with E-state index in [0.717, 1.165) is 46.7 Å². The highest BCUT2D eigenvalue weighted by Crippen LogP contribution is 2.25. The first kappa shape index (κ1) is 19.2. The molecule has 0 spiro atoms. The van der Waals surface area contributed by atoms with E-state index >= 15 is 0 Å². The monoisotopic (exact) mass is 408 g/mol. The molecule has 31 heavy (non-hydrogen) atoms. The Labute approximate surface area is 181 Å². The molecule has 0 bridgehead atoms. The van der Waals surface area contributed by atoms with Crippen molar-refractivity contribution in [1.29, 1.82) is 0 Å². The van der Waals surface area contributed by atoms with Crippen molar-refractivity contribution in [3.63, 3.8) is 0 Å². The molecule has 0 radical (unpaired) electrons. The highest BCUT2D eigenvalue weighted by atomic mass is 16.5. The molecule has 4 nitrogen and oxygen atoms in total. The molecule has 0 aliphatic heterocycles. The standard InChI is InChI=1S/C27H24N2O2/c1-2-12-22(13-3-1)31-20-27-28-24-15-6-7-16-25(24)29(27)18-9-19-30-26-17-8-11-21-10-4-5-14-23(21)26/h1-8,10-17H,9,18-20H2. The van der Waals surface area contributed by atoms with Crippen LogP contribution in [0.25, 0.3) is 21.8 Å². The minimum atomic E-state index is 0.433. The molecule has 5 rings (SSSR count). The predicted molar refractivity (Wildman–Crippen MR) is 125 cm³/mol. The van der Waals surface area contributed by atoms with Gasteiger partial charge in [0.1, 0.15) is 23.9 Å². The summed E-state index contributed by atoms with van der Waals surface area (Å²) in [7, 11) is 0. The Balaban J connectivity index is 1.29. The number of benzene rings is 4. The molecule has 1 heterocycles. The summed E-state index contributed by atoms with van der Waals surface area (Å²) in [6.45, 7) is 1.89. The number of aryl methyl sites for hydroxylation is 1. The maximum absolute atomic E-state index is 6.13. The smallest absolute Gasteiger partial charge is 0.147 e. The summed E-state index contributed by atoms with van der Waals surface area (Å²) in [4.78, 5) is 4.80. The quantitative estimate of drug-likeness (QED) is 0.285. The van der Waals surface area contributed by atoms with Crippen LogP contribution < -0.4 is 9.47 Å². The number of fused-ring (bicyclic) bond motifs is 2. The summed E-state index contributed by atoms with van der Waals surface area (Å²) >= 11 is 0. The van der Waals surface area contributed by atoms with Gasteiger partial charge in [0, 0.05) is 11.9 Å². The zero-order valence-corrected chi connectivity index (χ0v) is 17.3. The molecule has 5 aromatic rings. The van der Waals surface area contributed by atoms with Crippen LogP contribution in [0.1, 0.15) is 12.2 Å². The molecule has 4 aromatic carbocycles. The van der Waals surface area contributed by atoms with E-state index in [1.54, 1.807) is 0 Å². The molecule has 0 amide bonds. The molecular weight excluding hydrogens is 384 g/mol. The van der Waals surface area contributed by atoms with Crippen molar-refractivity contribution in [1.82, 2.24) is 9.55 Å². The Morgan fingerprint density at radius 1 is 0.710 bits per heavy atom. The number of ether oxygens (including phenoxy) is 2. The minimum absolute atomic E-state index is 0.433. The highest BCUT2D eigenvalue weighted by Gasteiger charge is 2.11. The van der Waals surface area contributed by atoms with E-state index in [-0.39, 0.29) is 0 Å². The molecule has 0 unspecified atom stereocenters. The zero-order valence-electron chi connectivity index (χ0n) is 17.3. The number of imidazole rings is 1. The number of para-hydroxylation sites is 3. The Morgan fingerprint density at radius 2 is 1.48 bits per heavy atom. The second kappa shape index (κ2) is 8.92. The maximum Gasteiger partial charge on any atom is 0.147 e. The first-order chi connectivity index (χ1) is 15.4. The topological polar surface area (TPSA) is 36.3 Å². The van der Waals surface area contributed by atoms with E-state index in [0.29, 0.717) is 13.2 Å². The fourth-order valence-corrected chi connectivity index (χ4v) is 3.88. The number of rotatable bonds is 8. The van der Waals surface area contributed by atoms with Crippen LogP contribution in [0.5, 0.6) is 11.5 Å². The van der Waals surface area contributed by atoms with Crippen molar-refractivity contribution in [2.75, 3.05) is 6.61 Å².